The maximum Gasteiger partial charge on any atom is 0.226 e. The van der Waals surface area contributed by atoms with Gasteiger partial charge in [-0.15, -0.1) is 10.2 Å². The summed E-state index contributed by atoms with van der Waals surface area (Å²) in [5.74, 6) is 1.52. The second kappa shape index (κ2) is 8.91. The van der Waals surface area contributed by atoms with E-state index in [-0.39, 0.29) is 11.0 Å². The summed E-state index contributed by atoms with van der Waals surface area (Å²) in [6.07, 6.45) is 3.52. The van der Waals surface area contributed by atoms with Gasteiger partial charge in [-0.1, -0.05) is 38.5 Å². The molecule has 0 fully saturated rings. The van der Waals surface area contributed by atoms with E-state index in [1.165, 1.54) is 0 Å². The lowest BCUT2D eigenvalue weighted by atomic mass is 10.2. The molecule has 8 heteroatoms. The fraction of sp³-hybridized carbons (Fsp3) is 0.667. The highest BCUT2D eigenvalue weighted by Crippen LogP contribution is 2.14. The molecule has 2 N–H and O–H groups in total. The van der Waals surface area contributed by atoms with Crippen molar-refractivity contribution in [3.8, 4) is 0 Å². The predicted octanol–water partition coefficient (Wildman–Crippen LogP) is 2.22. The lowest BCUT2D eigenvalue weighted by Gasteiger charge is -2.12. The minimum absolute atomic E-state index is 0.0635. The van der Waals surface area contributed by atoms with Crippen molar-refractivity contribution in [2.24, 2.45) is 0 Å². The van der Waals surface area contributed by atoms with Crippen molar-refractivity contribution in [3.05, 3.63) is 5.82 Å². The first kappa shape index (κ1) is 16.9. The van der Waals surface area contributed by atoms with E-state index in [4.69, 9.17) is 12.2 Å². The Morgan fingerprint density at radius 2 is 2.10 bits per heavy atom. The maximum atomic E-state index is 11.7. The quantitative estimate of drug-likeness (QED) is 0.457. The minimum atomic E-state index is -0.0635. The van der Waals surface area contributed by atoms with Gasteiger partial charge in [0.15, 0.2) is 5.11 Å². The zero-order valence-corrected chi connectivity index (χ0v) is 13.7. The van der Waals surface area contributed by atoms with E-state index in [9.17, 15) is 4.79 Å². The van der Waals surface area contributed by atoms with Gasteiger partial charge in [0.05, 0.1) is 0 Å². The average Bonchev–Trinajstić information content (AvgIpc) is 2.72. The van der Waals surface area contributed by atoms with Crippen LogP contribution in [0.2, 0.25) is 0 Å². The van der Waals surface area contributed by atoms with Gasteiger partial charge in [0, 0.05) is 6.42 Å². The molecule has 0 saturated heterocycles. The van der Waals surface area contributed by atoms with Crippen LogP contribution in [0.15, 0.2) is 5.16 Å². The summed E-state index contributed by atoms with van der Waals surface area (Å²) in [5, 5.41) is 11.7. The third-order valence-corrected chi connectivity index (χ3v) is 3.55. The van der Waals surface area contributed by atoms with Crippen LogP contribution in [0.25, 0.3) is 0 Å². The number of thiocarbonyl (C=S) groups is 1. The Bertz CT molecular complexity index is 461. The van der Waals surface area contributed by atoms with Crippen LogP contribution in [-0.4, -0.2) is 31.6 Å². The standard InChI is InChI=1S/C12H21N5OS2/c1-4-6-7-8-10(18)13-11(19)16-17-9(3)14-15-12(17)20-5-2/h4-8H2,1-3H3,(H2,13,16,18,19). The highest BCUT2D eigenvalue weighted by atomic mass is 32.2. The Balaban J connectivity index is 2.49. The minimum Gasteiger partial charge on any atom is -0.302 e. The molecule has 0 bridgehead atoms. The molecule has 0 atom stereocenters. The fourth-order valence-corrected chi connectivity index (χ4v) is 2.42. The average molecular weight is 315 g/mol. The molecule has 1 heterocycles. The molecule has 1 aromatic rings. The number of nitrogens with one attached hydrogen (secondary N) is 2. The monoisotopic (exact) mass is 315 g/mol. The third-order valence-electron chi connectivity index (χ3n) is 2.54. The topological polar surface area (TPSA) is 71.8 Å². The Labute approximate surface area is 129 Å². The summed E-state index contributed by atoms with van der Waals surface area (Å²) in [5.41, 5.74) is 2.94. The Morgan fingerprint density at radius 3 is 2.75 bits per heavy atom. The predicted molar refractivity (Wildman–Crippen MR) is 85.4 cm³/mol. The van der Waals surface area contributed by atoms with Gasteiger partial charge in [0.25, 0.3) is 0 Å². The van der Waals surface area contributed by atoms with E-state index in [0.717, 1.165) is 30.2 Å². The number of aryl methyl sites for hydroxylation is 1. The molecular formula is C12H21N5OS2. The van der Waals surface area contributed by atoms with E-state index >= 15 is 0 Å². The first-order valence-electron chi connectivity index (χ1n) is 6.74. The molecule has 0 unspecified atom stereocenters. The molecule has 1 rings (SSSR count). The SMILES string of the molecule is CCCCCC(=O)NC(=S)Nn1c(C)nnc1SCC. The fourth-order valence-electron chi connectivity index (χ4n) is 1.55. The van der Waals surface area contributed by atoms with E-state index in [0.29, 0.717) is 12.2 Å². The Hall–Kier alpha value is -1.15. The van der Waals surface area contributed by atoms with Crippen molar-refractivity contribution in [1.82, 2.24) is 20.2 Å². The zero-order valence-electron chi connectivity index (χ0n) is 12.1. The number of nitrogens with zero attached hydrogens (tertiary/aromatic N) is 3. The van der Waals surface area contributed by atoms with Crippen molar-refractivity contribution in [2.75, 3.05) is 11.2 Å². The molecule has 0 saturated carbocycles. The number of amides is 1. The highest BCUT2D eigenvalue weighted by Gasteiger charge is 2.11. The maximum absolute atomic E-state index is 11.7. The van der Waals surface area contributed by atoms with Crippen LogP contribution in [-0.2, 0) is 4.79 Å². The van der Waals surface area contributed by atoms with Crippen molar-refractivity contribution in [2.45, 2.75) is 51.6 Å². The molecular weight excluding hydrogens is 294 g/mol. The summed E-state index contributed by atoms with van der Waals surface area (Å²) in [7, 11) is 0. The molecule has 112 valence electrons. The first-order chi connectivity index (χ1) is 9.58. The second-order valence-electron chi connectivity index (χ2n) is 4.24. The van der Waals surface area contributed by atoms with E-state index in [2.05, 4.69) is 27.9 Å². The van der Waals surface area contributed by atoms with Crippen LogP contribution in [0.1, 0.15) is 45.4 Å². The number of aromatic nitrogens is 3. The molecule has 0 radical (unpaired) electrons. The van der Waals surface area contributed by atoms with Crippen molar-refractivity contribution in [3.63, 3.8) is 0 Å². The third kappa shape index (κ3) is 5.46. The molecule has 1 aromatic heterocycles. The van der Waals surface area contributed by atoms with Gasteiger partial charge in [-0.3, -0.25) is 10.2 Å². The number of unbranched alkanes of at least 4 members (excludes halogenated alkanes) is 2. The van der Waals surface area contributed by atoms with Crippen molar-refractivity contribution < 1.29 is 4.79 Å². The highest BCUT2D eigenvalue weighted by molar-refractivity contribution is 7.99. The number of hydrogen-bond acceptors (Lipinski definition) is 5. The van der Waals surface area contributed by atoms with E-state index in [1.807, 2.05) is 13.8 Å². The van der Waals surface area contributed by atoms with Crippen LogP contribution in [0.5, 0.6) is 0 Å². The van der Waals surface area contributed by atoms with Crippen LogP contribution in [0.4, 0.5) is 0 Å². The zero-order chi connectivity index (χ0) is 15.0. The largest absolute Gasteiger partial charge is 0.302 e. The van der Waals surface area contributed by atoms with Gasteiger partial charge >= 0.3 is 0 Å². The van der Waals surface area contributed by atoms with Crippen LogP contribution in [0.3, 0.4) is 0 Å². The first-order valence-corrected chi connectivity index (χ1v) is 8.13. The Kier molecular flexibility index (Phi) is 7.53. The van der Waals surface area contributed by atoms with E-state index < -0.39 is 0 Å². The van der Waals surface area contributed by atoms with Crippen LogP contribution in [0, 0.1) is 6.92 Å². The molecule has 20 heavy (non-hydrogen) atoms. The van der Waals surface area contributed by atoms with Crippen LogP contribution < -0.4 is 10.7 Å². The number of rotatable bonds is 7. The molecule has 0 aliphatic carbocycles. The smallest absolute Gasteiger partial charge is 0.226 e. The van der Waals surface area contributed by atoms with Gasteiger partial charge in [-0.2, -0.15) is 0 Å². The van der Waals surface area contributed by atoms with Crippen LogP contribution >= 0.6 is 24.0 Å². The summed E-state index contributed by atoms with van der Waals surface area (Å²) in [4.78, 5) is 11.7. The lowest BCUT2D eigenvalue weighted by Crippen LogP contribution is -2.38. The van der Waals surface area contributed by atoms with Gasteiger partial charge in [-0.25, -0.2) is 4.68 Å². The van der Waals surface area contributed by atoms with Gasteiger partial charge in [-0.05, 0) is 31.3 Å². The number of carbonyl (C=O) groups excluding carboxylic acids is 1. The summed E-state index contributed by atoms with van der Waals surface area (Å²) in [6.45, 7) is 5.96. The normalized spacial score (nSPS) is 10.3. The second-order valence-corrected chi connectivity index (χ2v) is 5.88. The summed E-state index contributed by atoms with van der Waals surface area (Å²) < 4.78 is 1.68. The summed E-state index contributed by atoms with van der Waals surface area (Å²) in [6, 6.07) is 0. The number of carbonyl (C=O) groups is 1. The Morgan fingerprint density at radius 1 is 1.35 bits per heavy atom. The van der Waals surface area contributed by atoms with Gasteiger partial charge in [0.1, 0.15) is 5.82 Å². The molecule has 1 amide bonds. The van der Waals surface area contributed by atoms with Gasteiger partial charge in [0.2, 0.25) is 11.1 Å². The molecule has 0 spiro atoms. The number of thioether (sulfide) groups is 1. The summed E-state index contributed by atoms with van der Waals surface area (Å²) >= 11 is 6.69. The van der Waals surface area contributed by atoms with Gasteiger partial charge < -0.3 is 5.32 Å². The molecule has 0 aliphatic rings. The van der Waals surface area contributed by atoms with Crippen molar-refractivity contribution >= 4 is 35.0 Å². The number of hydrogen-bond donors (Lipinski definition) is 2. The van der Waals surface area contributed by atoms with E-state index in [1.54, 1.807) is 16.4 Å². The van der Waals surface area contributed by atoms with Crippen molar-refractivity contribution in [1.29, 1.82) is 0 Å². The molecule has 0 aromatic carbocycles. The molecule has 0 aliphatic heterocycles. The molecule has 6 nitrogen and oxygen atoms in total. The lowest BCUT2D eigenvalue weighted by molar-refractivity contribution is -0.119.